The molecule has 0 saturated carbocycles. The Morgan fingerprint density at radius 3 is 2.36 bits per heavy atom. The number of nitriles is 1. The monoisotopic (exact) mass is 728 g/mol. The van der Waals surface area contributed by atoms with Crippen LogP contribution >= 0.6 is 34.4 Å². The number of allylic oxidation sites excluding steroid dienone is 4. The first-order valence-electron chi connectivity index (χ1n) is 13.8. The summed E-state index contributed by atoms with van der Waals surface area (Å²) < 4.78 is 6.11. The van der Waals surface area contributed by atoms with E-state index in [4.69, 9.17) is 10.00 Å². The molecule has 1 N–H and O–H groups in total. The number of hydrogen-bond acceptors (Lipinski definition) is 6. The van der Waals surface area contributed by atoms with Gasteiger partial charge in [0.2, 0.25) is 5.91 Å². The van der Waals surface area contributed by atoms with E-state index < -0.39 is 11.8 Å². The number of aliphatic imine (C=N–C) groups is 1. The van der Waals surface area contributed by atoms with E-state index in [1.54, 1.807) is 49.4 Å². The van der Waals surface area contributed by atoms with Crippen LogP contribution in [-0.2, 0) is 14.4 Å². The number of benzene rings is 3. The average molecular weight is 729 g/mol. The van der Waals surface area contributed by atoms with Gasteiger partial charge >= 0.3 is 0 Å². The van der Waals surface area contributed by atoms with Crippen LogP contribution in [0.5, 0.6) is 5.75 Å². The zero-order valence-electron chi connectivity index (χ0n) is 24.4. The molecule has 0 bridgehead atoms. The predicted octanol–water partition coefficient (Wildman–Crippen LogP) is 6.59. The standard InChI is InChI=1S/C35H29IN4O4S/c1-3-5-16-27(4-2)40-34(43)28(21-24-17-18-30(29(36)22-24)44-20-19-37)33(42)39-35(40)45-23-31(41)38-32(25-12-8-6-9-13-25)26-14-10-7-11-15-26/h3-18,21-22,32H,1,20,23H2,2H3,(H,38,41)/b16-5-,27-4+,28-21+. The fourth-order valence-electron chi connectivity index (χ4n) is 4.39. The van der Waals surface area contributed by atoms with E-state index in [1.165, 1.54) is 11.0 Å². The minimum absolute atomic E-state index is 0.0877. The van der Waals surface area contributed by atoms with E-state index in [2.05, 4.69) is 39.5 Å². The molecule has 1 heterocycles. The third kappa shape index (κ3) is 8.68. The molecule has 0 atom stereocenters. The van der Waals surface area contributed by atoms with E-state index in [1.807, 2.05) is 66.7 Å². The molecule has 45 heavy (non-hydrogen) atoms. The Kier molecular flexibility index (Phi) is 12.1. The Morgan fingerprint density at radius 1 is 1.11 bits per heavy atom. The topological polar surface area (TPSA) is 112 Å². The van der Waals surface area contributed by atoms with Gasteiger partial charge in [-0.15, -0.1) is 0 Å². The molecule has 0 radical (unpaired) electrons. The summed E-state index contributed by atoms with van der Waals surface area (Å²) in [4.78, 5) is 46.0. The highest BCUT2D eigenvalue weighted by molar-refractivity contribution is 14.1. The van der Waals surface area contributed by atoms with Crippen LogP contribution in [0.4, 0.5) is 0 Å². The highest BCUT2D eigenvalue weighted by Crippen LogP contribution is 2.29. The van der Waals surface area contributed by atoms with E-state index in [0.717, 1.165) is 22.9 Å². The fourth-order valence-corrected chi connectivity index (χ4v) is 5.90. The number of hydrogen-bond donors (Lipinski definition) is 1. The van der Waals surface area contributed by atoms with E-state index >= 15 is 0 Å². The Labute approximate surface area is 280 Å². The second-order valence-electron chi connectivity index (χ2n) is 9.45. The molecule has 0 spiro atoms. The van der Waals surface area contributed by atoms with Crippen molar-refractivity contribution in [2.24, 2.45) is 4.99 Å². The summed E-state index contributed by atoms with van der Waals surface area (Å²) in [6.45, 7) is 5.37. The number of halogens is 1. The van der Waals surface area contributed by atoms with Gasteiger partial charge in [0, 0.05) is 5.70 Å². The van der Waals surface area contributed by atoms with E-state index in [0.29, 0.717) is 20.6 Å². The maximum atomic E-state index is 13.9. The number of amides is 3. The molecule has 0 fully saturated rings. The molecule has 0 aliphatic carbocycles. The number of nitrogens with one attached hydrogen (secondary N) is 1. The third-order valence-corrected chi connectivity index (χ3v) is 8.25. The van der Waals surface area contributed by atoms with Gasteiger partial charge in [0.15, 0.2) is 11.8 Å². The lowest BCUT2D eigenvalue weighted by Gasteiger charge is -2.28. The van der Waals surface area contributed by atoms with Crippen molar-refractivity contribution in [1.29, 1.82) is 5.26 Å². The second kappa shape index (κ2) is 16.4. The summed E-state index contributed by atoms with van der Waals surface area (Å²) in [7, 11) is 0. The van der Waals surface area contributed by atoms with Crippen molar-refractivity contribution in [1.82, 2.24) is 10.2 Å². The highest BCUT2D eigenvalue weighted by Gasteiger charge is 2.35. The van der Waals surface area contributed by atoms with Gasteiger partial charge in [-0.25, -0.2) is 0 Å². The van der Waals surface area contributed by atoms with E-state index in [-0.39, 0.29) is 35.0 Å². The van der Waals surface area contributed by atoms with Crippen molar-refractivity contribution in [3.05, 3.63) is 141 Å². The van der Waals surface area contributed by atoms with Crippen molar-refractivity contribution < 1.29 is 19.1 Å². The molecular weight excluding hydrogens is 699 g/mol. The number of amidine groups is 1. The number of nitrogens with zero attached hydrogens (tertiary/aromatic N) is 3. The molecule has 226 valence electrons. The third-order valence-electron chi connectivity index (χ3n) is 6.47. The molecule has 0 unspecified atom stereocenters. The predicted molar refractivity (Wildman–Crippen MR) is 186 cm³/mol. The zero-order valence-corrected chi connectivity index (χ0v) is 27.3. The number of thioether (sulfide) groups is 1. The van der Waals surface area contributed by atoms with Gasteiger partial charge in [-0.05, 0) is 70.5 Å². The molecule has 3 aromatic carbocycles. The van der Waals surface area contributed by atoms with Crippen molar-refractivity contribution in [2.45, 2.75) is 13.0 Å². The molecule has 3 amide bonds. The largest absolute Gasteiger partial charge is 0.478 e. The Bertz CT molecular complexity index is 1700. The van der Waals surface area contributed by atoms with Crippen molar-refractivity contribution >= 4 is 63.3 Å². The lowest BCUT2D eigenvalue weighted by atomic mass is 9.99. The first kappa shape index (κ1) is 33.2. The maximum absolute atomic E-state index is 13.9. The van der Waals surface area contributed by atoms with Crippen molar-refractivity contribution in [3.63, 3.8) is 0 Å². The summed E-state index contributed by atoms with van der Waals surface area (Å²) in [5.41, 5.74) is 2.76. The summed E-state index contributed by atoms with van der Waals surface area (Å²) in [5, 5.41) is 12.0. The smallest absolute Gasteiger partial charge is 0.285 e. The fraction of sp³-hybridized carbons (Fsp3) is 0.114. The van der Waals surface area contributed by atoms with Crippen LogP contribution < -0.4 is 10.1 Å². The van der Waals surface area contributed by atoms with Crippen molar-refractivity contribution in [2.75, 3.05) is 12.4 Å². The van der Waals surface area contributed by atoms with Crippen LogP contribution in [0.25, 0.3) is 6.08 Å². The van der Waals surface area contributed by atoms with Crippen LogP contribution in [0.1, 0.15) is 29.7 Å². The first-order chi connectivity index (χ1) is 21.9. The average Bonchev–Trinajstić information content (AvgIpc) is 3.06. The molecule has 0 aromatic heterocycles. The van der Waals surface area contributed by atoms with Crippen LogP contribution in [-0.4, -0.2) is 40.1 Å². The molecule has 4 rings (SSSR count). The Hall–Kier alpha value is -4.73. The zero-order chi connectivity index (χ0) is 32.2. The van der Waals surface area contributed by atoms with Gasteiger partial charge in [0.1, 0.15) is 17.4 Å². The van der Waals surface area contributed by atoms with Gasteiger partial charge in [-0.1, -0.05) is 103 Å². The van der Waals surface area contributed by atoms with Gasteiger partial charge < -0.3 is 10.1 Å². The minimum Gasteiger partial charge on any atom is -0.478 e. The second-order valence-corrected chi connectivity index (χ2v) is 11.6. The number of ether oxygens (including phenoxy) is 1. The SMILES string of the molecule is C=C/C=C\C(=C/C)N1C(=O)/C(=C/c2ccc(OCC#N)c(I)c2)C(=O)N=C1SCC(=O)NC(c1ccccc1)c1ccccc1. The molecule has 1 aliphatic rings. The normalized spacial score (nSPS) is 14.4. The summed E-state index contributed by atoms with van der Waals surface area (Å²) in [6.07, 6.45) is 8.11. The van der Waals surface area contributed by atoms with Crippen LogP contribution in [0.2, 0.25) is 0 Å². The quantitative estimate of drug-likeness (QED) is 0.103. The highest BCUT2D eigenvalue weighted by atomic mass is 127. The summed E-state index contributed by atoms with van der Waals surface area (Å²) >= 11 is 3.06. The molecule has 0 saturated heterocycles. The summed E-state index contributed by atoms with van der Waals surface area (Å²) in [5.74, 6) is -1.15. The Morgan fingerprint density at radius 2 is 1.78 bits per heavy atom. The molecule has 3 aromatic rings. The maximum Gasteiger partial charge on any atom is 0.285 e. The van der Waals surface area contributed by atoms with Crippen LogP contribution in [0, 0.1) is 14.9 Å². The van der Waals surface area contributed by atoms with Gasteiger partial charge in [0.25, 0.3) is 11.8 Å². The molecule has 1 aliphatic heterocycles. The lowest BCUT2D eigenvalue weighted by Crippen LogP contribution is -2.42. The minimum atomic E-state index is -0.714. The van der Waals surface area contributed by atoms with Crippen LogP contribution in [0.3, 0.4) is 0 Å². The van der Waals surface area contributed by atoms with Gasteiger partial charge in [0.05, 0.1) is 15.4 Å². The number of carbonyl (C=O) groups excluding carboxylic acids is 3. The first-order valence-corrected chi connectivity index (χ1v) is 15.9. The van der Waals surface area contributed by atoms with E-state index in [9.17, 15) is 14.4 Å². The summed E-state index contributed by atoms with van der Waals surface area (Å²) in [6, 6.07) is 25.9. The van der Waals surface area contributed by atoms with Crippen molar-refractivity contribution in [3.8, 4) is 11.8 Å². The lowest BCUT2D eigenvalue weighted by molar-refractivity contribution is -0.126. The van der Waals surface area contributed by atoms with Gasteiger partial charge in [-0.2, -0.15) is 10.3 Å². The van der Waals surface area contributed by atoms with Crippen LogP contribution in [0.15, 0.2) is 126 Å². The molecular formula is C35H29IN4O4S. The number of rotatable bonds is 11. The molecule has 8 nitrogen and oxygen atoms in total. The number of carbonyl (C=O) groups is 3. The molecule has 10 heteroatoms. The Balaban J connectivity index is 1.61. The van der Waals surface area contributed by atoms with Gasteiger partial charge in [-0.3, -0.25) is 19.3 Å².